The third-order valence-corrected chi connectivity index (χ3v) is 4.47. The first-order valence-corrected chi connectivity index (χ1v) is 8.13. The summed E-state index contributed by atoms with van der Waals surface area (Å²) >= 11 is 1.97. The van der Waals surface area contributed by atoms with E-state index in [0.717, 1.165) is 24.4 Å². The van der Waals surface area contributed by atoms with Crippen molar-refractivity contribution >= 4 is 17.6 Å². The van der Waals surface area contributed by atoms with Gasteiger partial charge in [-0.25, -0.2) is 9.97 Å². The van der Waals surface area contributed by atoms with Crippen molar-refractivity contribution in [1.82, 2.24) is 9.97 Å². The van der Waals surface area contributed by atoms with E-state index in [1.807, 2.05) is 11.8 Å². The van der Waals surface area contributed by atoms with Crippen molar-refractivity contribution in [3.8, 4) is 0 Å². The number of fused-ring (bicyclic) bond motifs is 1. The monoisotopic (exact) mass is 265 g/mol. The topological polar surface area (TPSA) is 37.8 Å². The van der Waals surface area contributed by atoms with Crippen LogP contribution in [-0.2, 0) is 12.8 Å². The van der Waals surface area contributed by atoms with Crippen molar-refractivity contribution in [1.29, 1.82) is 0 Å². The molecule has 18 heavy (non-hydrogen) atoms. The molecule has 1 N–H and O–H groups in total. The van der Waals surface area contributed by atoms with E-state index < -0.39 is 0 Å². The van der Waals surface area contributed by atoms with Gasteiger partial charge in [0.1, 0.15) is 12.1 Å². The molecule has 4 heteroatoms. The highest BCUT2D eigenvalue weighted by Gasteiger charge is 2.15. The fourth-order valence-electron chi connectivity index (χ4n) is 2.39. The van der Waals surface area contributed by atoms with Gasteiger partial charge in [-0.15, -0.1) is 0 Å². The third kappa shape index (κ3) is 3.61. The van der Waals surface area contributed by atoms with E-state index in [2.05, 4.69) is 29.1 Å². The Labute approximate surface area is 114 Å². The molecular weight excluding hydrogens is 242 g/mol. The van der Waals surface area contributed by atoms with E-state index in [9.17, 15) is 0 Å². The largest absolute Gasteiger partial charge is 0.366 e. The van der Waals surface area contributed by atoms with Gasteiger partial charge in [0.2, 0.25) is 0 Å². The summed E-state index contributed by atoms with van der Waals surface area (Å²) in [5, 5.41) is 3.56. The minimum Gasteiger partial charge on any atom is -0.366 e. The Kier molecular flexibility index (Phi) is 5.29. The number of nitrogens with zero attached hydrogens (tertiary/aromatic N) is 2. The third-order valence-electron chi connectivity index (χ3n) is 3.33. The van der Waals surface area contributed by atoms with Gasteiger partial charge in [0, 0.05) is 23.1 Å². The molecule has 0 fully saturated rings. The quantitative estimate of drug-likeness (QED) is 0.829. The molecule has 3 nitrogen and oxygen atoms in total. The number of hydrogen-bond donors (Lipinski definition) is 1. The van der Waals surface area contributed by atoms with Crippen LogP contribution in [0.5, 0.6) is 0 Å². The SMILES string of the molecule is CCSCC(C)Nc1ncnc2c1CCCCC2. The zero-order chi connectivity index (χ0) is 12.8. The van der Waals surface area contributed by atoms with Crippen molar-refractivity contribution in [2.24, 2.45) is 0 Å². The molecule has 1 heterocycles. The molecule has 1 aliphatic carbocycles. The van der Waals surface area contributed by atoms with Crippen LogP contribution in [0.3, 0.4) is 0 Å². The second-order valence-corrected chi connectivity index (χ2v) is 6.23. The first kappa shape index (κ1) is 13.7. The van der Waals surface area contributed by atoms with Crippen LogP contribution in [0.2, 0.25) is 0 Å². The molecule has 0 saturated heterocycles. The number of thioether (sulfide) groups is 1. The molecule has 2 rings (SSSR count). The first-order chi connectivity index (χ1) is 8.81. The number of hydrogen-bond acceptors (Lipinski definition) is 4. The van der Waals surface area contributed by atoms with E-state index in [1.54, 1.807) is 6.33 Å². The van der Waals surface area contributed by atoms with Gasteiger partial charge in [-0.2, -0.15) is 11.8 Å². The van der Waals surface area contributed by atoms with E-state index in [4.69, 9.17) is 0 Å². The molecule has 0 radical (unpaired) electrons. The van der Waals surface area contributed by atoms with Crippen LogP contribution < -0.4 is 5.32 Å². The van der Waals surface area contributed by atoms with Crippen LogP contribution in [0.25, 0.3) is 0 Å². The fourth-order valence-corrected chi connectivity index (χ4v) is 3.06. The highest BCUT2D eigenvalue weighted by atomic mass is 32.2. The summed E-state index contributed by atoms with van der Waals surface area (Å²) in [6, 6.07) is 0.470. The summed E-state index contributed by atoms with van der Waals surface area (Å²) in [4.78, 5) is 8.90. The number of anilines is 1. The van der Waals surface area contributed by atoms with Gasteiger partial charge >= 0.3 is 0 Å². The maximum absolute atomic E-state index is 4.45. The second kappa shape index (κ2) is 6.98. The molecule has 0 saturated carbocycles. The Hall–Kier alpha value is -0.770. The molecule has 1 aromatic heterocycles. The Bertz CT molecular complexity index is 381. The normalized spacial score (nSPS) is 16.8. The second-order valence-electron chi connectivity index (χ2n) is 4.91. The Morgan fingerprint density at radius 2 is 2.11 bits per heavy atom. The summed E-state index contributed by atoms with van der Waals surface area (Å²) in [5.41, 5.74) is 2.63. The lowest BCUT2D eigenvalue weighted by atomic mass is 10.1. The Morgan fingerprint density at radius 1 is 1.28 bits per heavy atom. The smallest absolute Gasteiger partial charge is 0.133 e. The van der Waals surface area contributed by atoms with Crippen molar-refractivity contribution in [2.45, 2.75) is 52.0 Å². The van der Waals surface area contributed by atoms with E-state index in [-0.39, 0.29) is 0 Å². The summed E-state index contributed by atoms with van der Waals surface area (Å²) in [5.74, 6) is 3.38. The van der Waals surface area contributed by atoms with Gasteiger partial charge in [-0.1, -0.05) is 13.3 Å². The van der Waals surface area contributed by atoms with Crippen LogP contribution in [0.4, 0.5) is 5.82 Å². The predicted octanol–water partition coefficient (Wildman–Crippen LogP) is 3.30. The molecule has 0 aromatic carbocycles. The summed E-state index contributed by atoms with van der Waals surface area (Å²) in [6.45, 7) is 4.43. The average Bonchev–Trinajstić information content (AvgIpc) is 2.62. The van der Waals surface area contributed by atoms with Crippen molar-refractivity contribution < 1.29 is 0 Å². The minimum atomic E-state index is 0.470. The number of nitrogens with one attached hydrogen (secondary N) is 1. The van der Waals surface area contributed by atoms with Gasteiger partial charge < -0.3 is 5.32 Å². The Morgan fingerprint density at radius 3 is 2.94 bits per heavy atom. The van der Waals surface area contributed by atoms with Crippen LogP contribution >= 0.6 is 11.8 Å². The summed E-state index contributed by atoms with van der Waals surface area (Å²) in [6.07, 6.45) is 7.82. The average molecular weight is 265 g/mol. The number of rotatable bonds is 5. The highest BCUT2D eigenvalue weighted by molar-refractivity contribution is 7.99. The molecule has 1 aromatic rings. The lowest BCUT2D eigenvalue weighted by Gasteiger charge is -2.17. The molecular formula is C14H23N3S. The molecule has 1 unspecified atom stereocenters. The minimum absolute atomic E-state index is 0.470. The number of aryl methyl sites for hydroxylation is 1. The van der Waals surface area contributed by atoms with Gasteiger partial charge in [-0.3, -0.25) is 0 Å². The molecule has 0 bridgehead atoms. The van der Waals surface area contributed by atoms with Crippen LogP contribution in [0.15, 0.2) is 6.33 Å². The fraction of sp³-hybridized carbons (Fsp3) is 0.714. The van der Waals surface area contributed by atoms with E-state index >= 15 is 0 Å². The van der Waals surface area contributed by atoms with Crippen molar-refractivity contribution in [3.63, 3.8) is 0 Å². The molecule has 0 amide bonds. The van der Waals surface area contributed by atoms with Crippen molar-refractivity contribution in [3.05, 3.63) is 17.6 Å². The van der Waals surface area contributed by atoms with E-state index in [1.165, 1.54) is 36.3 Å². The van der Waals surface area contributed by atoms with Crippen LogP contribution in [0, 0.1) is 0 Å². The molecule has 0 aliphatic heterocycles. The van der Waals surface area contributed by atoms with Gasteiger partial charge in [0.05, 0.1) is 0 Å². The first-order valence-electron chi connectivity index (χ1n) is 6.98. The lowest BCUT2D eigenvalue weighted by molar-refractivity contribution is 0.708. The zero-order valence-corrected chi connectivity index (χ0v) is 12.2. The molecule has 1 aliphatic rings. The van der Waals surface area contributed by atoms with E-state index in [0.29, 0.717) is 6.04 Å². The number of aromatic nitrogens is 2. The predicted molar refractivity (Wildman–Crippen MR) is 79.4 cm³/mol. The lowest BCUT2D eigenvalue weighted by Crippen LogP contribution is -2.20. The standard InChI is InChI=1S/C14H23N3S/c1-3-18-9-11(2)17-14-12-7-5-4-6-8-13(12)15-10-16-14/h10-11H,3-9H2,1-2H3,(H,15,16,17). The maximum Gasteiger partial charge on any atom is 0.133 e. The maximum atomic E-state index is 4.45. The van der Waals surface area contributed by atoms with Gasteiger partial charge in [0.15, 0.2) is 0 Å². The van der Waals surface area contributed by atoms with Crippen molar-refractivity contribution in [2.75, 3.05) is 16.8 Å². The van der Waals surface area contributed by atoms with Gasteiger partial charge in [0.25, 0.3) is 0 Å². The van der Waals surface area contributed by atoms with Gasteiger partial charge in [-0.05, 0) is 38.4 Å². The molecule has 100 valence electrons. The molecule has 1 atom stereocenters. The summed E-state index contributed by atoms with van der Waals surface area (Å²) in [7, 11) is 0. The van der Waals surface area contributed by atoms with Crippen LogP contribution in [-0.4, -0.2) is 27.5 Å². The zero-order valence-electron chi connectivity index (χ0n) is 11.4. The Balaban J connectivity index is 2.08. The van der Waals surface area contributed by atoms with Crippen LogP contribution in [0.1, 0.15) is 44.4 Å². The summed E-state index contributed by atoms with van der Waals surface area (Å²) < 4.78 is 0. The molecule has 0 spiro atoms. The highest BCUT2D eigenvalue weighted by Crippen LogP contribution is 2.24.